The number of rotatable bonds is 4. The van der Waals surface area contributed by atoms with Gasteiger partial charge in [-0.15, -0.1) is 0 Å². The van der Waals surface area contributed by atoms with E-state index in [-0.39, 0.29) is 0 Å². The Morgan fingerprint density at radius 3 is 2.79 bits per heavy atom. The Kier molecular flexibility index (Phi) is 4.47. The van der Waals surface area contributed by atoms with E-state index in [0.29, 0.717) is 29.6 Å². The van der Waals surface area contributed by atoms with Crippen molar-refractivity contribution in [1.29, 1.82) is 0 Å². The number of hydrogen-bond acceptors (Lipinski definition) is 3. The van der Waals surface area contributed by atoms with Gasteiger partial charge in [-0.3, -0.25) is 0 Å². The Balaban J connectivity index is 2.31. The van der Waals surface area contributed by atoms with Gasteiger partial charge in [0.1, 0.15) is 4.90 Å². The molecule has 1 saturated heterocycles. The van der Waals surface area contributed by atoms with Crippen LogP contribution in [0.5, 0.6) is 0 Å². The average Bonchev–Trinajstić information content (AvgIpc) is 2.47. The van der Waals surface area contributed by atoms with Gasteiger partial charge < -0.3 is 5.32 Å². The van der Waals surface area contributed by atoms with E-state index >= 15 is 0 Å². The average molecular weight is 282 g/mol. The second-order valence-corrected chi connectivity index (χ2v) is 6.93. The Bertz CT molecular complexity index is 528. The number of piperidine rings is 1. The molecule has 19 heavy (non-hydrogen) atoms. The van der Waals surface area contributed by atoms with Gasteiger partial charge in [0.25, 0.3) is 0 Å². The van der Waals surface area contributed by atoms with Crippen molar-refractivity contribution in [2.75, 3.05) is 25.5 Å². The fourth-order valence-corrected chi connectivity index (χ4v) is 4.37. The third-order valence-electron chi connectivity index (χ3n) is 3.83. The van der Waals surface area contributed by atoms with Gasteiger partial charge in [-0.1, -0.05) is 25.5 Å². The number of nitrogens with zero attached hydrogens (tertiary/aromatic N) is 1. The molecule has 0 amide bonds. The van der Waals surface area contributed by atoms with Crippen molar-refractivity contribution in [1.82, 2.24) is 4.31 Å². The molecule has 1 atom stereocenters. The van der Waals surface area contributed by atoms with Gasteiger partial charge in [0.05, 0.1) is 5.69 Å². The summed E-state index contributed by atoms with van der Waals surface area (Å²) in [5.41, 5.74) is 0.668. The molecule has 0 aliphatic carbocycles. The van der Waals surface area contributed by atoms with Crippen LogP contribution in [-0.2, 0) is 10.0 Å². The van der Waals surface area contributed by atoms with Gasteiger partial charge in [0, 0.05) is 20.1 Å². The number of anilines is 1. The van der Waals surface area contributed by atoms with Crippen LogP contribution in [0.4, 0.5) is 5.69 Å². The minimum atomic E-state index is -3.38. The molecule has 0 radical (unpaired) electrons. The predicted molar refractivity (Wildman–Crippen MR) is 77.8 cm³/mol. The number of para-hydroxylation sites is 1. The molecule has 1 unspecified atom stereocenters. The van der Waals surface area contributed by atoms with E-state index in [1.54, 1.807) is 29.6 Å². The first kappa shape index (κ1) is 14.3. The van der Waals surface area contributed by atoms with Crippen molar-refractivity contribution in [3.63, 3.8) is 0 Å². The van der Waals surface area contributed by atoms with Crippen LogP contribution in [0, 0.1) is 5.92 Å². The molecule has 0 bridgehead atoms. The molecular weight excluding hydrogens is 260 g/mol. The van der Waals surface area contributed by atoms with Crippen molar-refractivity contribution in [3.8, 4) is 0 Å². The second kappa shape index (κ2) is 5.92. The van der Waals surface area contributed by atoms with E-state index in [0.717, 1.165) is 19.3 Å². The Hall–Kier alpha value is -1.07. The predicted octanol–water partition coefficient (Wildman–Crippen LogP) is 2.54. The number of sulfonamides is 1. The third kappa shape index (κ3) is 2.92. The molecule has 0 aromatic heterocycles. The summed E-state index contributed by atoms with van der Waals surface area (Å²) in [6.07, 6.45) is 3.13. The summed E-state index contributed by atoms with van der Waals surface area (Å²) in [6.45, 7) is 3.41. The van der Waals surface area contributed by atoms with E-state index in [2.05, 4.69) is 12.2 Å². The topological polar surface area (TPSA) is 49.4 Å². The molecule has 1 aromatic carbocycles. The lowest BCUT2D eigenvalue weighted by atomic mass is 9.97. The van der Waals surface area contributed by atoms with Crippen LogP contribution in [0.25, 0.3) is 0 Å². The standard InChI is InChI=1S/C14H22N2O2S/c1-3-12-7-6-10-16(11-12)19(17,18)14-9-5-4-8-13(14)15-2/h4-5,8-9,12,15H,3,6-7,10-11H2,1-2H3. The third-order valence-corrected chi connectivity index (χ3v) is 5.76. The van der Waals surface area contributed by atoms with Crippen LogP contribution in [0.3, 0.4) is 0 Å². The van der Waals surface area contributed by atoms with E-state index in [1.807, 2.05) is 6.07 Å². The highest BCUT2D eigenvalue weighted by molar-refractivity contribution is 7.89. The molecule has 1 aliphatic heterocycles. The van der Waals surface area contributed by atoms with Crippen LogP contribution >= 0.6 is 0 Å². The molecule has 1 heterocycles. The first-order chi connectivity index (χ1) is 9.09. The molecule has 0 spiro atoms. The highest BCUT2D eigenvalue weighted by atomic mass is 32.2. The SMILES string of the molecule is CCC1CCCN(S(=O)(=O)c2ccccc2NC)C1. The van der Waals surface area contributed by atoms with Crippen LogP contribution < -0.4 is 5.32 Å². The van der Waals surface area contributed by atoms with E-state index in [1.165, 1.54) is 0 Å². The highest BCUT2D eigenvalue weighted by Gasteiger charge is 2.30. The van der Waals surface area contributed by atoms with Crippen molar-refractivity contribution < 1.29 is 8.42 Å². The molecule has 5 heteroatoms. The van der Waals surface area contributed by atoms with Gasteiger partial charge in [-0.05, 0) is 30.9 Å². The number of hydrogen-bond donors (Lipinski definition) is 1. The fourth-order valence-electron chi connectivity index (χ4n) is 2.62. The van der Waals surface area contributed by atoms with Gasteiger partial charge >= 0.3 is 0 Å². The summed E-state index contributed by atoms with van der Waals surface area (Å²) in [4.78, 5) is 0.384. The lowest BCUT2D eigenvalue weighted by Crippen LogP contribution is -2.39. The normalized spacial score (nSPS) is 21.3. The maximum absolute atomic E-state index is 12.7. The zero-order valence-corrected chi connectivity index (χ0v) is 12.4. The molecule has 106 valence electrons. The van der Waals surface area contributed by atoms with Gasteiger partial charge in [-0.2, -0.15) is 4.31 Å². The van der Waals surface area contributed by atoms with Gasteiger partial charge in [-0.25, -0.2) is 8.42 Å². The fraction of sp³-hybridized carbons (Fsp3) is 0.571. The lowest BCUT2D eigenvalue weighted by Gasteiger charge is -2.31. The molecule has 4 nitrogen and oxygen atoms in total. The van der Waals surface area contributed by atoms with Crippen molar-refractivity contribution in [3.05, 3.63) is 24.3 Å². The summed E-state index contributed by atoms with van der Waals surface area (Å²) in [5, 5.41) is 2.96. The van der Waals surface area contributed by atoms with E-state index < -0.39 is 10.0 Å². The summed E-state index contributed by atoms with van der Waals surface area (Å²) in [5.74, 6) is 0.491. The highest BCUT2D eigenvalue weighted by Crippen LogP contribution is 2.28. The smallest absolute Gasteiger partial charge is 0.245 e. The van der Waals surface area contributed by atoms with Crippen LogP contribution in [0.2, 0.25) is 0 Å². The van der Waals surface area contributed by atoms with Crippen LogP contribution in [0.1, 0.15) is 26.2 Å². The lowest BCUT2D eigenvalue weighted by molar-refractivity contribution is 0.261. The van der Waals surface area contributed by atoms with E-state index in [9.17, 15) is 8.42 Å². The van der Waals surface area contributed by atoms with E-state index in [4.69, 9.17) is 0 Å². The van der Waals surface area contributed by atoms with Crippen molar-refractivity contribution in [2.24, 2.45) is 5.92 Å². The minimum absolute atomic E-state index is 0.384. The molecule has 1 fully saturated rings. The van der Waals surface area contributed by atoms with Gasteiger partial charge in [0.2, 0.25) is 10.0 Å². The molecular formula is C14H22N2O2S. The quantitative estimate of drug-likeness (QED) is 0.923. The zero-order chi connectivity index (χ0) is 13.9. The maximum atomic E-state index is 12.7. The van der Waals surface area contributed by atoms with Crippen LogP contribution in [-0.4, -0.2) is 32.9 Å². The molecule has 1 aliphatic rings. The second-order valence-electron chi connectivity index (χ2n) is 5.03. The Labute approximate surface area is 115 Å². The van der Waals surface area contributed by atoms with Gasteiger partial charge in [0.15, 0.2) is 0 Å². The monoisotopic (exact) mass is 282 g/mol. The van der Waals surface area contributed by atoms with Crippen LogP contribution in [0.15, 0.2) is 29.2 Å². The summed E-state index contributed by atoms with van der Waals surface area (Å²) >= 11 is 0. The number of benzene rings is 1. The first-order valence-electron chi connectivity index (χ1n) is 6.86. The number of nitrogens with one attached hydrogen (secondary N) is 1. The minimum Gasteiger partial charge on any atom is -0.387 e. The molecule has 0 saturated carbocycles. The Morgan fingerprint density at radius 1 is 1.37 bits per heavy atom. The Morgan fingerprint density at radius 2 is 2.11 bits per heavy atom. The summed E-state index contributed by atoms with van der Waals surface area (Å²) in [6, 6.07) is 7.09. The largest absolute Gasteiger partial charge is 0.387 e. The first-order valence-corrected chi connectivity index (χ1v) is 8.30. The van der Waals surface area contributed by atoms with Crippen molar-refractivity contribution >= 4 is 15.7 Å². The molecule has 2 rings (SSSR count). The summed E-state index contributed by atoms with van der Waals surface area (Å²) in [7, 11) is -1.63. The molecule has 1 aromatic rings. The summed E-state index contributed by atoms with van der Waals surface area (Å²) < 4.78 is 27.1. The zero-order valence-electron chi connectivity index (χ0n) is 11.6. The molecule has 1 N–H and O–H groups in total. The maximum Gasteiger partial charge on any atom is 0.245 e. The van der Waals surface area contributed by atoms with Crippen molar-refractivity contribution in [2.45, 2.75) is 31.1 Å².